The normalized spacial score (nSPS) is 10.1. The lowest BCUT2D eigenvalue weighted by Gasteiger charge is -2.06. The number of para-hydroxylation sites is 1. The fourth-order valence-corrected chi connectivity index (χ4v) is 1.52. The largest absolute Gasteiger partial charge is 0.465 e. The number of fused-ring (bicyclic) bond motifs is 1. The molecule has 0 unspecified atom stereocenters. The number of aromatic nitrogens is 1. The van der Waals surface area contributed by atoms with Crippen LogP contribution in [-0.2, 0) is 0 Å². The molecule has 0 atom stereocenters. The Kier molecular flexibility index (Phi) is 3.40. The van der Waals surface area contributed by atoms with E-state index in [1.54, 1.807) is 0 Å². The monoisotopic (exact) mass is 231 g/mol. The lowest BCUT2D eigenvalue weighted by atomic mass is 10.2. The van der Waals surface area contributed by atoms with Crippen LogP contribution < -0.4 is 10.6 Å². The zero-order valence-electron chi connectivity index (χ0n) is 9.18. The molecule has 88 valence electrons. The second-order valence-electron chi connectivity index (χ2n) is 3.55. The number of nitrogens with one attached hydrogen (secondary N) is 2. The lowest BCUT2D eigenvalue weighted by Crippen LogP contribution is -2.27. The predicted molar refractivity (Wildman–Crippen MR) is 66.3 cm³/mol. The number of benzene rings is 1. The van der Waals surface area contributed by atoms with Crippen molar-refractivity contribution in [3.05, 3.63) is 36.4 Å². The molecule has 0 aliphatic carbocycles. The molecule has 2 aromatic rings. The van der Waals surface area contributed by atoms with Crippen LogP contribution in [0, 0.1) is 0 Å². The Morgan fingerprint density at radius 1 is 1.18 bits per heavy atom. The summed E-state index contributed by atoms with van der Waals surface area (Å²) in [5.41, 5.74) is 0.920. The first-order valence-electron chi connectivity index (χ1n) is 5.32. The van der Waals surface area contributed by atoms with Crippen molar-refractivity contribution in [2.45, 2.75) is 0 Å². The van der Waals surface area contributed by atoms with Crippen LogP contribution in [-0.4, -0.2) is 29.3 Å². The number of hydrogen-bond donors (Lipinski definition) is 3. The summed E-state index contributed by atoms with van der Waals surface area (Å²) < 4.78 is 0. The lowest BCUT2D eigenvalue weighted by molar-refractivity contribution is 0.195. The fraction of sp³-hybridized carbons (Fsp3) is 0.167. The molecule has 0 fully saturated rings. The molecule has 0 saturated carbocycles. The molecule has 0 bridgehead atoms. The molecule has 1 aromatic carbocycles. The third-order valence-electron chi connectivity index (χ3n) is 2.31. The minimum atomic E-state index is -1.02. The summed E-state index contributed by atoms with van der Waals surface area (Å²) >= 11 is 0. The predicted octanol–water partition coefficient (Wildman–Crippen LogP) is 1.91. The van der Waals surface area contributed by atoms with Crippen molar-refractivity contribution >= 4 is 22.8 Å². The van der Waals surface area contributed by atoms with Crippen molar-refractivity contribution in [3.63, 3.8) is 0 Å². The summed E-state index contributed by atoms with van der Waals surface area (Å²) in [6.07, 6.45) is -1.02. The molecule has 0 radical (unpaired) electrons. The molecule has 1 aromatic heterocycles. The van der Waals surface area contributed by atoms with Crippen LogP contribution in [0.25, 0.3) is 10.9 Å². The van der Waals surface area contributed by atoms with Crippen molar-refractivity contribution < 1.29 is 9.90 Å². The quantitative estimate of drug-likeness (QED) is 0.703. The number of carbonyl (C=O) groups is 1. The molecule has 1 amide bonds. The SMILES string of the molecule is O=C(O)NCCNc1ccc2ccccc2n1. The molecule has 0 saturated heterocycles. The Labute approximate surface area is 98.5 Å². The van der Waals surface area contributed by atoms with Gasteiger partial charge in [0.1, 0.15) is 5.82 Å². The highest BCUT2D eigenvalue weighted by Gasteiger charge is 1.97. The van der Waals surface area contributed by atoms with Gasteiger partial charge in [-0.3, -0.25) is 0 Å². The van der Waals surface area contributed by atoms with Gasteiger partial charge in [0.15, 0.2) is 0 Å². The van der Waals surface area contributed by atoms with Gasteiger partial charge in [-0.1, -0.05) is 18.2 Å². The van der Waals surface area contributed by atoms with Crippen molar-refractivity contribution in [2.24, 2.45) is 0 Å². The topological polar surface area (TPSA) is 74.2 Å². The van der Waals surface area contributed by atoms with E-state index in [0.717, 1.165) is 16.7 Å². The van der Waals surface area contributed by atoms with E-state index in [0.29, 0.717) is 13.1 Å². The molecule has 3 N–H and O–H groups in total. The van der Waals surface area contributed by atoms with E-state index in [1.807, 2.05) is 36.4 Å². The van der Waals surface area contributed by atoms with Crippen LogP contribution in [0.4, 0.5) is 10.6 Å². The van der Waals surface area contributed by atoms with Crippen LogP contribution >= 0.6 is 0 Å². The molecule has 0 spiro atoms. The molecule has 17 heavy (non-hydrogen) atoms. The zero-order valence-corrected chi connectivity index (χ0v) is 9.18. The molecule has 0 aliphatic rings. The second kappa shape index (κ2) is 5.16. The van der Waals surface area contributed by atoms with Gasteiger partial charge in [-0.05, 0) is 18.2 Å². The highest BCUT2D eigenvalue weighted by Crippen LogP contribution is 2.13. The van der Waals surface area contributed by atoms with E-state index in [4.69, 9.17) is 5.11 Å². The standard InChI is InChI=1S/C12H13N3O2/c16-12(17)14-8-7-13-11-6-5-9-3-1-2-4-10(9)15-11/h1-6,14H,7-8H2,(H,13,15)(H,16,17). The minimum Gasteiger partial charge on any atom is -0.465 e. The number of carboxylic acid groups (broad SMARTS) is 1. The van der Waals surface area contributed by atoms with Crippen LogP contribution in [0.2, 0.25) is 0 Å². The molecule has 5 nitrogen and oxygen atoms in total. The Balaban J connectivity index is 1.97. The van der Waals surface area contributed by atoms with Crippen molar-refractivity contribution in [1.82, 2.24) is 10.3 Å². The molecular weight excluding hydrogens is 218 g/mol. The first-order chi connectivity index (χ1) is 8.25. The van der Waals surface area contributed by atoms with E-state index in [9.17, 15) is 4.79 Å². The third kappa shape index (κ3) is 3.07. The summed E-state index contributed by atoms with van der Waals surface area (Å²) in [6.45, 7) is 0.863. The smallest absolute Gasteiger partial charge is 0.404 e. The Morgan fingerprint density at radius 3 is 2.82 bits per heavy atom. The first kappa shape index (κ1) is 11.2. The van der Waals surface area contributed by atoms with Gasteiger partial charge in [-0.25, -0.2) is 9.78 Å². The summed E-state index contributed by atoms with van der Waals surface area (Å²) in [5.74, 6) is 0.746. The van der Waals surface area contributed by atoms with Gasteiger partial charge in [0, 0.05) is 18.5 Å². The molecule has 0 aliphatic heterocycles. The van der Waals surface area contributed by atoms with Gasteiger partial charge in [-0.15, -0.1) is 0 Å². The van der Waals surface area contributed by atoms with Gasteiger partial charge < -0.3 is 15.7 Å². The Morgan fingerprint density at radius 2 is 2.00 bits per heavy atom. The third-order valence-corrected chi connectivity index (χ3v) is 2.31. The zero-order chi connectivity index (χ0) is 12.1. The van der Waals surface area contributed by atoms with Crippen LogP contribution in [0.15, 0.2) is 36.4 Å². The molecular formula is C12H13N3O2. The summed E-state index contributed by atoms with van der Waals surface area (Å²) in [5, 5.41) is 14.8. The maximum atomic E-state index is 10.2. The van der Waals surface area contributed by atoms with Crippen molar-refractivity contribution in [2.75, 3.05) is 18.4 Å². The van der Waals surface area contributed by atoms with E-state index < -0.39 is 6.09 Å². The van der Waals surface area contributed by atoms with Crippen LogP contribution in [0.3, 0.4) is 0 Å². The van der Waals surface area contributed by atoms with Gasteiger partial charge in [0.2, 0.25) is 0 Å². The Bertz CT molecular complexity index is 528. The summed E-state index contributed by atoms with van der Waals surface area (Å²) in [6, 6.07) is 11.7. The average molecular weight is 231 g/mol. The van der Waals surface area contributed by atoms with Gasteiger partial charge in [0.05, 0.1) is 5.52 Å². The van der Waals surface area contributed by atoms with Crippen LogP contribution in [0.1, 0.15) is 0 Å². The minimum absolute atomic E-state index is 0.351. The first-order valence-corrected chi connectivity index (χ1v) is 5.32. The highest BCUT2D eigenvalue weighted by molar-refractivity contribution is 5.80. The number of nitrogens with zero attached hydrogens (tertiary/aromatic N) is 1. The second-order valence-corrected chi connectivity index (χ2v) is 3.55. The number of rotatable bonds is 4. The fourth-order valence-electron chi connectivity index (χ4n) is 1.52. The van der Waals surface area contributed by atoms with Crippen LogP contribution in [0.5, 0.6) is 0 Å². The van der Waals surface area contributed by atoms with E-state index in [-0.39, 0.29) is 0 Å². The van der Waals surface area contributed by atoms with Gasteiger partial charge >= 0.3 is 6.09 Å². The van der Waals surface area contributed by atoms with Crippen molar-refractivity contribution in [1.29, 1.82) is 0 Å². The summed E-state index contributed by atoms with van der Waals surface area (Å²) in [4.78, 5) is 14.6. The van der Waals surface area contributed by atoms with Gasteiger partial charge in [0.25, 0.3) is 0 Å². The average Bonchev–Trinajstić information content (AvgIpc) is 2.34. The van der Waals surface area contributed by atoms with E-state index >= 15 is 0 Å². The molecule has 1 heterocycles. The number of pyridine rings is 1. The highest BCUT2D eigenvalue weighted by atomic mass is 16.4. The number of hydrogen-bond acceptors (Lipinski definition) is 3. The Hall–Kier alpha value is -2.30. The van der Waals surface area contributed by atoms with E-state index in [2.05, 4.69) is 15.6 Å². The maximum Gasteiger partial charge on any atom is 0.404 e. The van der Waals surface area contributed by atoms with Gasteiger partial charge in [-0.2, -0.15) is 0 Å². The summed E-state index contributed by atoms with van der Waals surface area (Å²) in [7, 11) is 0. The molecule has 2 rings (SSSR count). The van der Waals surface area contributed by atoms with Crippen molar-refractivity contribution in [3.8, 4) is 0 Å². The maximum absolute atomic E-state index is 10.2. The molecule has 5 heteroatoms. The number of amides is 1. The number of anilines is 1. The van der Waals surface area contributed by atoms with E-state index in [1.165, 1.54) is 0 Å².